The monoisotopic (exact) mass is 200 g/mol. The molecule has 0 aromatic heterocycles. The molecule has 1 saturated carbocycles. The average molecular weight is 200 g/mol. The van der Waals surface area contributed by atoms with Crippen molar-refractivity contribution >= 4 is 0 Å². The highest BCUT2D eigenvalue weighted by molar-refractivity contribution is 5.02. The number of rotatable bonds is 1. The van der Waals surface area contributed by atoms with Gasteiger partial charge in [0, 0.05) is 6.04 Å². The normalized spacial score (nSPS) is 37.9. The summed E-state index contributed by atoms with van der Waals surface area (Å²) in [6.07, 6.45) is 3.15. The van der Waals surface area contributed by atoms with Crippen LogP contribution >= 0.6 is 0 Å². The summed E-state index contributed by atoms with van der Waals surface area (Å²) in [5, 5.41) is 0. The molecule has 0 aromatic rings. The molecule has 2 N–H and O–H groups in total. The van der Waals surface area contributed by atoms with E-state index in [0.717, 1.165) is 38.9 Å². The lowest BCUT2D eigenvalue weighted by molar-refractivity contribution is 0.0879. The largest absolute Gasteiger partial charge is 0.325 e. The van der Waals surface area contributed by atoms with E-state index < -0.39 is 6.17 Å². The molecule has 1 spiro atoms. The molecular formula is C11H21FN2. The van der Waals surface area contributed by atoms with Crippen LogP contribution in [0.4, 0.5) is 4.39 Å². The van der Waals surface area contributed by atoms with Gasteiger partial charge in [0.15, 0.2) is 0 Å². The Hall–Kier alpha value is -0.150. The van der Waals surface area contributed by atoms with E-state index in [9.17, 15) is 4.39 Å². The molecule has 2 aliphatic rings. The summed E-state index contributed by atoms with van der Waals surface area (Å²) in [4.78, 5) is 2.43. The number of alkyl halides is 1. The van der Waals surface area contributed by atoms with Crippen LogP contribution in [0.3, 0.4) is 0 Å². The highest BCUT2D eigenvalue weighted by Gasteiger charge is 2.47. The number of nitrogens with zero attached hydrogens (tertiary/aromatic N) is 1. The Bertz CT molecular complexity index is 199. The topological polar surface area (TPSA) is 29.3 Å². The van der Waals surface area contributed by atoms with Gasteiger partial charge in [-0.1, -0.05) is 6.92 Å². The van der Waals surface area contributed by atoms with Gasteiger partial charge in [-0.25, -0.2) is 4.39 Å². The van der Waals surface area contributed by atoms with Crippen LogP contribution in [0.1, 0.15) is 32.6 Å². The molecular weight excluding hydrogens is 179 g/mol. The summed E-state index contributed by atoms with van der Waals surface area (Å²) in [5.41, 5.74) is 6.13. The maximum atomic E-state index is 13.4. The first-order chi connectivity index (χ1) is 6.68. The third-order valence-corrected chi connectivity index (χ3v) is 4.31. The lowest BCUT2D eigenvalue weighted by atomic mass is 9.74. The van der Waals surface area contributed by atoms with Crippen molar-refractivity contribution in [2.45, 2.75) is 44.8 Å². The summed E-state index contributed by atoms with van der Waals surface area (Å²) in [6.45, 7) is 5.52. The molecule has 0 bridgehead atoms. The standard InChI is InChI=1S/C11H21FN2/c1-2-14-7-5-11(6-8-14)4-3-9(12)10(11)13/h9-10H,2-8,13H2,1H3/t9?,10-/m1/s1. The first kappa shape index (κ1) is 10.4. The Morgan fingerprint density at radius 1 is 1.36 bits per heavy atom. The van der Waals surface area contributed by atoms with Crippen molar-refractivity contribution in [2.75, 3.05) is 19.6 Å². The van der Waals surface area contributed by atoms with Crippen molar-refractivity contribution in [2.24, 2.45) is 11.1 Å². The fourth-order valence-corrected chi connectivity index (χ4v) is 3.05. The SMILES string of the molecule is CCN1CCC2(CCC(F)[C@H]2N)CC1. The van der Waals surface area contributed by atoms with Gasteiger partial charge in [-0.15, -0.1) is 0 Å². The summed E-state index contributed by atoms with van der Waals surface area (Å²) in [6, 6.07) is -0.193. The second-order valence-corrected chi connectivity index (χ2v) is 4.88. The Morgan fingerprint density at radius 3 is 2.43 bits per heavy atom. The van der Waals surface area contributed by atoms with Crippen molar-refractivity contribution in [1.82, 2.24) is 4.90 Å². The Labute approximate surface area is 85.6 Å². The van der Waals surface area contributed by atoms with Crippen molar-refractivity contribution in [3.8, 4) is 0 Å². The molecule has 0 amide bonds. The van der Waals surface area contributed by atoms with Crippen LogP contribution in [-0.2, 0) is 0 Å². The molecule has 2 fully saturated rings. The van der Waals surface area contributed by atoms with Gasteiger partial charge in [0.25, 0.3) is 0 Å². The molecule has 1 aliphatic heterocycles. The van der Waals surface area contributed by atoms with Crippen LogP contribution in [0, 0.1) is 5.41 Å². The highest BCUT2D eigenvalue weighted by atomic mass is 19.1. The Morgan fingerprint density at radius 2 is 2.00 bits per heavy atom. The first-order valence-electron chi connectivity index (χ1n) is 5.80. The molecule has 1 aliphatic carbocycles. The fourth-order valence-electron chi connectivity index (χ4n) is 3.05. The maximum Gasteiger partial charge on any atom is 0.116 e. The summed E-state index contributed by atoms with van der Waals surface area (Å²) < 4.78 is 13.4. The minimum Gasteiger partial charge on any atom is -0.325 e. The molecule has 2 atom stereocenters. The van der Waals surface area contributed by atoms with Gasteiger partial charge in [-0.3, -0.25) is 0 Å². The smallest absolute Gasteiger partial charge is 0.116 e. The second-order valence-electron chi connectivity index (χ2n) is 4.88. The minimum atomic E-state index is -0.747. The van der Waals surface area contributed by atoms with Gasteiger partial charge < -0.3 is 10.6 Å². The van der Waals surface area contributed by atoms with E-state index >= 15 is 0 Å². The summed E-state index contributed by atoms with van der Waals surface area (Å²) in [7, 11) is 0. The van der Waals surface area contributed by atoms with Crippen molar-refractivity contribution in [3.05, 3.63) is 0 Å². The Balaban J connectivity index is 1.99. The highest BCUT2D eigenvalue weighted by Crippen LogP contribution is 2.46. The molecule has 0 aromatic carbocycles. The van der Waals surface area contributed by atoms with E-state index in [4.69, 9.17) is 5.73 Å². The minimum absolute atomic E-state index is 0.144. The van der Waals surface area contributed by atoms with Gasteiger partial charge in [0.05, 0.1) is 0 Å². The van der Waals surface area contributed by atoms with Gasteiger partial charge >= 0.3 is 0 Å². The van der Waals surface area contributed by atoms with Crippen LogP contribution in [0.2, 0.25) is 0 Å². The Kier molecular flexibility index (Phi) is 2.80. The van der Waals surface area contributed by atoms with Crippen LogP contribution in [0.15, 0.2) is 0 Å². The molecule has 2 rings (SSSR count). The van der Waals surface area contributed by atoms with E-state index in [1.54, 1.807) is 0 Å². The lowest BCUT2D eigenvalue weighted by Crippen LogP contribution is -2.49. The quantitative estimate of drug-likeness (QED) is 0.696. The predicted octanol–water partition coefficient (Wildman–Crippen LogP) is 1.55. The molecule has 1 unspecified atom stereocenters. The number of piperidine rings is 1. The van der Waals surface area contributed by atoms with E-state index in [2.05, 4.69) is 11.8 Å². The molecule has 82 valence electrons. The first-order valence-corrected chi connectivity index (χ1v) is 5.80. The molecule has 1 heterocycles. The molecule has 14 heavy (non-hydrogen) atoms. The third kappa shape index (κ3) is 1.57. The number of hydrogen-bond acceptors (Lipinski definition) is 2. The van der Waals surface area contributed by atoms with Gasteiger partial charge in [0.1, 0.15) is 6.17 Å². The molecule has 0 radical (unpaired) electrons. The number of nitrogens with two attached hydrogens (primary N) is 1. The zero-order valence-corrected chi connectivity index (χ0v) is 9.01. The van der Waals surface area contributed by atoms with Gasteiger partial charge in [0.2, 0.25) is 0 Å². The summed E-state index contributed by atoms with van der Waals surface area (Å²) >= 11 is 0. The summed E-state index contributed by atoms with van der Waals surface area (Å²) in [5.74, 6) is 0. The zero-order chi connectivity index (χ0) is 10.2. The van der Waals surface area contributed by atoms with Crippen LogP contribution in [0.5, 0.6) is 0 Å². The number of halogens is 1. The number of likely N-dealkylation sites (tertiary alicyclic amines) is 1. The van der Waals surface area contributed by atoms with E-state index in [1.807, 2.05) is 0 Å². The van der Waals surface area contributed by atoms with Crippen LogP contribution < -0.4 is 5.73 Å². The average Bonchev–Trinajstić information content (AvgIpc) is 2.49. The van der Waals surface area contributed by atoms with Crippen LogP contribution in [0.25, 0.3) is 0 Å². The lowest BCUT2D eigenvalue weighted by Gasteiger charge is -2.41. The maximum absolute atomic E-state index is 13.4. The second kappa shape index (κ2) is 3.78. The number of hydrogen-bond donors (Lipinski definition) is 1. The fraction of sp³-hybridized carbons (Fsp3) is 1.00. The third-order valence-electron chi connectivity index (χ3n) is 4.31. The molecule has 2 nitrogen and oxygen atoms in total. The zero-order valence-electron chi connectivity index (χ0n) is 9.01. The molecule has 3 heteroatoms. The van der Waals surface area contributed by atoms with Crippen LogP contribution in [-0.4, -0.2) is 36.7 Å². The van der Waals surface area contributed by atoms with Gasteiger partial charge in [-0.05, 0) is 50.7 Å². The molecule has 1 saturated heterocycles. The van der Waals surface area contributed by atoms with Crippen molar-refractivity contribution in [3.63, 3.8) is 0 Å². The van der Waals surface area contributed by atoms with Gasteiger partial charge in [-0.2, -0.15) is 0 Å². The van der Waals surface area contributed by atoms with E-state index in [1.165, 1.54) is 0 Å². The van der Waals surface area contributed by atoms with E-state index in [0.29, 0.717) is 6.42 Å². The van der Waals surface area contributed by atoms with Crippen molar-refractivity contribution in [1.29, 1.82) is 0 Å². The van der Waals surface area contributed by atoms with Crippen molar-refractivity contribution < 1.29 is 4.39 Å². The predicted molar refractivity (Wildman–Crippen MR) is 55.9 cm³/mol. The van der Waals surface area contributed by atoms with E-state index in [-0.39, 0.29) is 11.5 Å².